The van der Waals surface area contributed by atoms with Crippen LogP contribution in [-0.2, 0) is 0 Å². The molecule has 0 radical (unpaired) electrons. The molecule has 1 heterocycles. The average Bonchev–Trinajstić information content (AvgIpc) is 2.92. The third kappa shape index (κ3) is 2.01. The predicted molar refractivity (Wildman–Crippen MR) is 69.5 cm³/mol. The predicted octanol–water partition coefficient (Wildman–Crippen LogP) is 3.26. The Labute approximate surface area is 112 Å². The fourth-order valence-corrected chi connectivity index (χ4v) is 1.81. The van der Waals surface area contributed by atoms with Crippen molar-refractivity contribution in [1.29, 1.82) is 0 Å². The van der Waals surface area contributed by atoms with E-state index in [1.165, 1.54) is 12.1 Å². The van der Waals surface area contributed by atoms with Crippen LogP contribution in [-0.4, -0.2) is 10.1 Å². The number of benzene rings is 2. The van der Waals surface area contributed by atoms with Crippen LogP contribution in [0.3, 0.4) is 0 Å². The highest BCUT2D eigenvalue weighted by Crippen LogP contribution is 2.27. The van der Waals surface area contributed by atoms with E-state index < -0.39 is 11.6 Å². The third-order valence-corrected chi connectivity index (χ3v) is 2.81. The van der Waals surface area contributed by atoms with Crippen LogP contribution in [0.15, 0.2) is 47.0 Å². The van der Waals surface area contributed by atoms with Crippen LogP contribution in [0.25, 0.3) is 22.8 Å². The first-order valence-electron chi connectivity index (χ1n) is 5.80. The van der Waals surface area contributed by atoms with E-state index >= 15 is 0 Å². The first-order valence-corrected chi connectivity index (χ1v) is 5.80. The van der Waals surface area contributed by atoms with Gasteiger partial charge in [0.1, 0.15) is 0 Å². The number of rotatable bonds is 2. The lowest BCUT2D eigenvalue weighted by Crippen LogP contribution is -1.91. The fourth-order valence-electron chi connectivity index (χ4n) is 1.81. The van der Waals surface area contributed by atoms with Gasteiger partial charge in [-0.25, -0.2) is 8.78 Å². The van der Waals surface area contributed by atoms with Gasteiger partial charge in [-0.3, -0.25) is 0 Å². The minimum absolute atomic E-state index is 0.0850. The van der Waals surface area contributed by atoms with Crippen LogP contribution in [0, 0.1) is 11.6 Å². The summed E-state index contributed by atoms with van der Waals surface area (Å²) in [7, 11) is 0. The number of nitrogens with two attached hydrogens (primary N) is 1. The molecular formula is C14H9F2N3O. The Morgan fingerprint density at radius 3 is 2.50 bits per heavy atom. The summed E-state index contributed by atoms with van der Waals surface area (Å²) >= 11 is 0. The Morgan fingerprint density at radius 2 is 1.70 bits per heavy atom. The van der Waals surface area contributed by atoms with Crippen LogP contribution in [0.1, 0.15) is 0 Å². The number of anilines is 1. The van der Waals surface area contributed by atoms with E-state index in [1.54, 1.807) is 24.3 Å². The van der Waals surface area contributed by atoms with Crippen molar-refractivity contribution in [2.24, 2.45) is 0 Å². The molecule has 0 aliphatic heterocycles. The molecule has 0 amide bonds. The maximum atomic E-state index is 13.7. The van der Waals surface area contributed by atoms with Crippen molar-refractivity contribution in [1.82, 2.24) is 10.1 Å². The minimum atomic E-state index is -1.02. The van der Waals surface area contributed by atoms with Gasteiger partial charge < -0.3 is 10.3 Å². The van der Waals surface area contributed by atoms with E-state index in [9.17, 15) is 8.78 Å². The highest BCUT2D eigenvalue weighted by atomic mass is 19.2. The van der Waals surface area contributed by atoms with Crippen molar-refractivity contribution in [3.63, 3.8) is 0 Å². The quantitative estimate of drug-likeness (QED) is 0.728. The highest BCUT2D eigenvalue weighted by Gasteiger charge is 2.17. The number of para-hydroxylation sites is 1. The van der Waals surface area contributed by atoms with Gasteiger partial charge in [0, 0.05) is 11.3 Å². The van der Waals surface area contributed by atoms with Gasteiger partial charge in [-0.05, 0) is 24.3 Å². The summed E-state index contributed by atoms with van der Waals surface area (Å²) in [5.41, 5.74) is 6.75. The molecule has 3 aromatic rings. The molecule has 0 atom stereocenters. The second-order valence-electron chi connectivity index (χ2n) is 4.11. The Morgan fingerprint density at radius 1 is 0.950 bits per heavy atom. The normalized spacial score (nSPS) is 10.7. The Balaban J connectivity index is 2.07. The van der Waals surface area contributed by atoms with Crippen molar-refractivity contribution in [3.05, 3.63) is 54.1 Å². The van der Waals surface area contributed by atoms with E-state index in [1.807, 2.05) is 0 Å². The van der Waals surface area contributed by atoms with Crippen LogP contribution in [0.2, 0.25) is 0 Å². The van der Waals surface area contributed by atoms with E-state index in [0.29, 0.717) is 11.3 Å². The van der Waals surface area contributed by atoms with Crippen molar-refractivity contribution in [3.8, 4) is 22.8 Å². The Hall–Kier alpha value is -2.76. The van der Waals surface area contributed by atoms with Crippen molar-refractivity contribution < 1.29 is 13.3 Å². The monoisotopic (exact) mass is 273 g/mol. The molecular weight excluding hydrogens is 264 g/mol. The third-order valence-electron chi connectivity index (χ3n) is 2.81. The summed E-state index contributed by atoms with van der Waals surface area (Å²) in [6.45, 7) is 0. The standard InChI is InChI=1S/C14H9F2N3O/c15-10-6-3-5-9(12(10)16)14-18-13(19-20-14)8-4-1-2-7-11(8)17/h1-7H,17H2. The molecule has 0 unspecified atom stereocenters. The number of aromatic nitrogens is 2. The zero-order valence-corrected chi connectivity index (χ0v) is 10.2. The van der Waals surface area contributed by atoms with E-state index in [0.717, 1.165) is 6.07 Å². The molecule has 100 valence electrons. The van der Waals surface area contributed by atoms with Gasteiger partial charge in [0.2, 0.25) is 5.82 Å². The van der Waals surface area contributed by atoms with Gasteiger partial charge in [-0.15, -0.1) is 0 Å². The van der Waals surface area contributed by atoms with Gasteiger partial charge in [0.15, 0.2) is 11.6 Å². The molecule has 0 saturated heterocycles. The van der Waals surface area contributed by atoms with E-state index in [2.05, 4.69) is 10.1 Å². The topological polar surface area (TPSA) is 64.9 Å². The molecule has 0 saturated carbocycles. The summed E-state index contributed by atoms with van der Waals surface area (Å²) in [5, 5.41) is 3.74. The number of halogens is 2. The van der Waals surface area contributed by atoms with Crippen LogP contribution in [0.5, 0.6) is 0 Å². The molecule has 20 heavy (non-hydrogen) atoms. The van der Waals surface area contributed by atoms with Crippen molar-refractivity contribution in [2.75, 3.05) is 5.73 Å². The molecule has 4 nitrogen and oxygen atoms in total. The lowest BCUT2D eigenvalue weighted by molar-refractivity contribution is 0.427. The lowest BCUT2D eigenvalue weighted by Gasteiger charge is -1.98. The van der Waals surface area contributed by atoms with Gasteiger partial charge >= 0.3 is 0 Å². The molecule has 6 heteroatoms. The van der Waals surface area contributed by atoms with Crippen LogP contribution >= 0.6 is 0 Å². The molecule has 2 aromatic carbocycles. The highest BCUT2D eigenvalue weighted by molar-refractivity contribution is 5.72. The Kier molecular flexibility index (Phi) is 2.90. The molecule has 0 spiro atoms. The molecule has 2 N–H and O–H groups in total. The minimum Gasteiger partial charge on any atom is -0.398 e. The van der Waals surface area contributed by atoms with Crippen molar-refractivity contribution in [2.45, 2.75) is 0 Å². The van der Waals surface area contributed by atoms with Crippen LogP contribution < -0.4 is 5.73 Å². The lowest BCUT2D eigenvalue weighted by atomic mass is 10.1. The summed E-state index contributed by atoms with van der Waals surface area (Å²) in [6.07, 6.45) is 0. The molecule has 0 bridgehead atoms. The molecule has 0 fully saturated rings. The second-order valence-corrected chi connectivity index (χ2v) is 4.11. The summed E-state index contributed by atoms with van der Waals surface area (Å²) in [6, 6.07) is 10.7. The SMILES string of the molecule is Nc1ccccc1-c1noc(-c2cccc(F)c2F)n1. The summed E-state index contributed by atoms with van der Waals surface area (Å²) < 4.78 is 31.8. The van der Waals surface area contributed by atoms with Gasteiger partial charge in [0.05, 0.1) is 5.56 Å². The number of hydrogen-bond acceptors (Lipinski definition) is 4. The zero-order valence-electron chi connectivity index (χ0n) is 10.2. The van der Waals surface area contributed by atoms with E-state index in [4.69, 9.17) is 10.3 Å². The average molecular weight is 273 g/mol. The second kappa shape index (κ2) is 4.73. The molecule has 1 aromatic heterocycles. The van der Waals surface area contributed by atoms with Gasteiger partial charge in [0.25, 0.3) is 5.89 Å². The maximum Gasteiger partial charge on any atom is 0.261 e. The fraction of sp³-hybridized carbons (Fsp3) is 0. The van der Waals surface area contributed by atoms with E-state index in [-0.39, 0.29) is 17.3 Å². The Bertz CT molecular complexity index is 771. The number of nitrogens with zero attached hydrogens (tertiary/aromatic N) is 2. The van der Waals surface area contributed by atoms with Crippen molar-refractivity contribution >= 4 is 5.69 Å². The first-order chi connectivity index (χ1) is 9.66. The zero-order chi connectivity index (χ0) is 14.1. The maximum absolute atomic E-state index is 13.7. The first kappa shape index (κ1) is 12.3. The summed E-state index contributed by atoms with van der Waals surface area (Å²) in [4.78, 5) is 4.05. The van der Waals surface area contributed by atoms with Gasteiger partial charge in [-0.1, -0.05) is 23.4 Å². The van der Waals surface area contributed by atoms with Crippen LogP contribution in [0.4, 0.5) is 14.5 Å². The molecule has 3 rings (SSSR count). The molecule has 0 aliphatic carbocycles. The number of nitrogen functional groups attached to an aromatic ring is 1. The summed E-state index contributed by atoms with van der Waals surface area (Å²) in [5.74, 6) is -1.87. The number of hydrogen-bond donors (Lipinski definition) is 1. The molecule has 0 aliphatic rings. The smallest absolute Gasteiger partial charge is 0.261 e. The van der Waals surface area contributed by atoms with Gasteiger partial charge in [-0.2, -0.15) is 4.98 Å². The largest absolute Gasteiger partial charge is 0.398 e.